The summed E-state index contributed by atoms with van der Waals surface area (Å²) in [5.74, 6) is -0.817. The number of carbonyl (C=O) groups is 2. The number of rotatable bonds is 7. The molecule has 1 N–H and O–H groups in total. The maximum atomic E-state index is 14.2. The van der Waals surface area contributed by atoms with Crippen molar-refractivity contribution in [1.82, 2.24) is 10.2 Å². The molecule has 2 fully saturated rings. The van der Waals surface area contributed by atoms with Crippen molar-refractivity contribution < 1.29 is 14.0 Å². The van der Waals surface area contributed by atoms with Gasteiger partial charge in [-0.3, -0.25) is 19.4 Å². The van der Waals surface area contributed by atoms with Gasteiger partial charge in [0.15, 0.2) is 0 Å². The van der Waals surface area contributed by atoms with Crippen molar-refractivity contribution in [2.45, 2.75) is 63.5 Å². The van der Waals surface area contributed by atoms with E-state index in [1.54, 1.807) is 12.1 Å². The van der Waals surface area contributed by atoms with E-state index >= 15 is 0 Å². The first-order valence-corrected chi connectivity index (χ1v) is 12.3. The van der Waals surface area contributed by atoms with Crippen LogP contribution in [0.1, 0.15) is 63.0 Å². The number of nitrogens with one attached hydrogen (secondary N) is 1. The lowest BCUT2D eigenvalue weighted by Crippen LogP contribution is -2.50. The molecule has 1 unspecified atom stereocenters. The third-order valence-electron chi connectivity index (χ3n) is 6.74. The highest BCUT2D eigenvalue weighted by Gasteiger charge is 2.34. The van der Waals surface area contributed by atoms with Gasteiger partial charge in [-0.05, 0) is 62.5 Å². The monoisotopic (exact) mass is 451 g/mol. The maximum absolute atomic E-state index is 14.2. The molecule has 2 amide bonds. The van der Waals surface area contributed by atoms with E-state index in [1.807, 2.05) is 30.3 Å². The van der Waals surface area contributed by atoms with Crippen LogP contribution in [0.4, 0.5) is 10.1 Å². The van der Waals surface area contributed by atoms with Crippen molar-refractivity contribution in [3.8, 4) is 0 Å². The Morgan fingerprint density at radius 1 is 0.939 bits per heavy atom. The molecule has 5 nitrogen and oxygen atoms in total. The lowest BCUT2D eigenvalue weighted by molar-refractivity contribution is -0.127. The summed E-state index contributed by atoms with van der Waals surface area (Å²) in [7, 11) is 0. The zero-order chi connectivity index (χ0) is 23.0. The predicted molar refractivity (Wildman–Crippen MR) is 128 cm³/mol. The molecular formula is C27H34FN3O2. The van der Waals surface area contributed by atoms with Crippen LogP contribution in [0.3, 0.4) is 0 Å². The van der Waals surface area contributed by atoms with Crippen LogP contribution in [-0.2, 0) is 9.59 Å². The lowest BCUT2D eigenvalue weighted by Gasteiger charge is -2.35. The summed E-state index contributed by atoms with van der Waals surface area (Å²) in [4.78, 5) is 31.1. The van der Waals surface area contributed by atoms with Crippen LogP contribution >= 0.6 is 0 Å². The average Bonchev–Trinajstić information content (AvgIpc) is 2.84. The Morgan fingerprint density at radius 3 is 2.33 bits per heavy atom. The van der Waals surface area contributed by atoms with Crippen LogP contribution in [0.5, 0.6) is 0 Å². The van der Waals surface area contributed by atoms with Crippen molar-refractivity contribution in [2.24, 2.45) is 0 Å². The predicted octanol–water partition coefficient (Wildman–Crippen LogP) is 4.83. The summed E-state index contributed by atoms with van der Waals surface area (Å²) in [6.07, 6.45) is 8.61. The molecule has 33 heavy (non-hydrogen) atoms. The molecule has 0 bridgehead atoms. The topological polar surface area (TPSA) is 52.7 Å². The zero-order valence-electron chi connectivity index (χ0n) is 19.2. The zero-order valence-corrected chi connectivity index (χ0v) is 19.2. The molecule has 176 valence electrons. The van der Waals surface area contributed by atoms with Crippen molar-refractivity contribution in [3.05, 3.63) is 66.0 Å². The molecular weight excluding hydrogens is 417 g/mol. The first kappa shape index (κ1) is 23.4. The highest BCUT2D eigenvalue weighted by molar-refractivity contribution is 6.02. The second-order valence-corrected chi connectivity index (χ2v) is 9.24. The van der Waals surface area contributed by atoms with Crippen molar-refractivity contribution in [3.63, 3.8) is 0 Å². The Labute approximate surface area is 196 Å². The second kappa shape index (κ2) is 11.4. The van der Waals surface area contributed by atoms with Gasteiger partial charge in [0, 0.05) is 11.7 Å². The molecule has 2 aromatic rings. The molecule has 1 aliphatic carbocycles. The Hall–Kier alpha value is -2.73. The van der Waals surface area contributed by atoms with E-state index in [2.05, 4.69) is 10.2 Å². The molecule has 0 aromatic heterocycles. The fraction of sp³-hybridized carbons (Fsp3) is 0.481. The number of anilines is 1. The summed E-state index contributed by atoms with van der Waals surface area (Å²) >= 11 is 0. The number of piperidine rings is 1. The average molecular weight is 452 g/mol. The smallest absolute Gasteiger partial charge is 0.248 e. The summed E-state index contributed by atoms with van der Waals surface area (Å²) < 4.78 is 14.2. The number of nitrogens with zero attached hydrogens (tertiary/aromatic N) is 2. The number of benzene rings is 2. The molecule has 2 aliphatic rings. The first-order chi connectivity index (χ1) is 16.1. The Bertz CT molecular complexity index is 924. The van der Waals surface area contributed by atoms with Crippen LogP contribution in [-0.4, -0.2) is 42.4 Å². The number of likely N-dealkylation sites (tertiary alicyclic amines) is 1. The minimum Gasteiger partial charge on any atom is -0.351 e. The second-order valence-electron chi connectivity index (χ2n) is 9.24. The van der Waals surface area contributed by atoms with Gasteiger partial charge in [-0.25, -0.2) is 4.39 Å². The molecule has 1 saturated carbocycles. The van der Waals surface area contributed by atoms with Crippen LogP contribution in [0, 0.1) is 5.82 Å². The van der Waals surface area contributed by atoms with Crippen molar-refractivity contribution in [1.29, 1.82) is 0 Å². The summed E-state index contributed by atoms with van der Waals surface area (Å²) in [5, 5.41) is 3.20. The number of hydrogen-bond donors (Lipinski definition) is 1. The lowest BCUT2D eigenvalue weighted by atomic mass is 9.94. The van der Waals surface area contributed by atoms with E-state index in [0.29, 0.717) is 5.69 Å². The molecule has 4 rings (SSSR count). The molecule has 1 aliphatic heterocycles. The molecule has 1 atom stereocenters. The molecule has 1 saturated heterocycles. The summed E-state index contributed by atoms with van der Waals surface area (Å²) in [6, 6.07) is 14.6. The van der Waals surface area contributed by atoms with Crippen LogP contribution < -0.4 is 10.2 Å². The molecule has 0 spiro atoms. The number of halogens is 1. The van der Waals surface area contributed by atoms with Gasteiger partial charge in [0.1, 0.15) is 11.9 Å². The van der Waals surface area contributed by atoms with Gasteiger partial charge in [0.25, 0.3) is 0 Å². The molecule has 1 heterocycles. The molecule has 2 aromatic carbocycles. The summed E-state index contributed by atoms with van der Waals surface area (Å²) in [5.41, 5.74) is 1.13. The van der Waals surface area contributed by atoms with E-state index in [1.165, 1.54) is 29.9 Å². The minimum absolute atomic E-state index is 0.115. The van der Waals surface area contributed by atoms with Crippen molar-refractivity contribution in [2.75, 3.05) is 24.5 Å². The highest BCUT2D eigenvalue weighted by atomic mass is 19.1. The van der Waals surface area contributed by atoms with Crippen LogP contribution in [0.2, 0.25) is 0 Å². The number of amides is 2. The van der Waals surface area contributed by atoms with Gasteiger partial charge in [0.05, 0.1) is 6.54 Å². The maximum Gasteiger partial charge on any atom is 0.248 e. The fourth-order valence-electron chi connectivity index (χ4n) is 5.03. The van der Waals surface area contributed by atoms with Gasteiger partial charge in [-0.15, -0.1) is 0 Å². The van der Waals surface area contributed by atoms with E-state index in [4.69, 9.17) is 0 Å². The Balaban J connectivity index is 1.68. The van der Waals surface area contributed by atoms with Gasteiger partial charge < -0.3 is 5.32 Å². The standard InChI is InChI=1S/C27H34FN3O2/c28-22-13-10-16-24(19-22)31(25(32)20-30-17-8-3-9-18-30)26(21-11-4-1-5-12-21)27(33)29-23-14-6-2-7-15-23/h1,4-5,10-13,16,19,23,26H,2-3,6-9,14-15,17-18,20H2,(H,29,33). The van der Waals surface area contributed by atoms with Crippen LogP contribution in [0.25, 0.3) is 0 Å². The van der Waals surface area contributed by atoms with Gasteiger partial charge in [-0.2, -0.15) is 0 Å². The number of hydrogen-bond acceptors (Lipinski definition) is 3. The summed E-state index contributed by atoms with van der Waals surface area (Å²) in [6.45, 7) is 1.95. The Morgan fingerprint density at radius 2 is 1.64 bits per heavy atom. The first-order valence-electron chi connectivity index (χ1n) is 12.3. The third kappa shape index (κ3) is 6.20. The quantitative estimate of drug-likeness (QED) is 0.656. The molecule has 0 radical (unpaired) electrons. The number of carbonyl (C=O) groups excluding carboxylic acids is 2. The largest absolute Gasteiger partial charge is 0.351 e. The highest BCUT2D eigenvalue weighted by Crippen LogP contribution is 2.30. The SMILES string of the molecule is O=C(NC1CCCCC1)C(c1ccccc1)N(C(=O)CN1CCCCC1)c1cccc(F)c1. The van der Waals surface area contributed by atoms with Gasteiger partial charge >= 0.3 is 0 Å². The van der Waals surface area contributed by atoms with Crippen LogP contribution in [0.15, 0.2) is 54.6 Å². The van der Waals surface area contributed by atoms with Gasteiger partial charge in [-0.1, -0.05) is 62.1 Å². The minimum atomic E-state index is -0.854. The van der Waals surface area contributed by atoms with Crippen molar-refractivity contribution >= 4 is 17.5 Å². The van der Waals surface area contributed by atoms with E-state index in [9.17, 15) is 14.0 Å². The van der Waals surface area contributed by atoms with E-state index in [0.717, 1.165) is 57.2 Å². The fourth-order valence-corrected chi connectivity index (χ4v) is 5.03. The normalized spacial score (nSPS) is 18.5. The molecule has 6 heteroatoms. The van der Waals surface area contributed by atoms with E-state index < -0.39 is 11.9 Å². The third-order valence-corrected chi connectivity index (χ3v) is 6.74. The van der Waals surface area contributed by atoms with E-state index in [-0.39, 0.29) is 24.4 Å². The Kier molecular flexibility index (Phi) is 8.10. The van der Waals surface area contributed by atoms with Gasteiger partial charge in [0.2, 0.25) is 11.8 Å².